The second-order valence-corrected chi connectivity index (χ2v) is 5.92. The smallest absolute Gasteiger partial charge is 0.135 e. The average Bonchev–Trinajstić information content (AvgIpc) is 2.74. The van der Waals surface area contributed by atoms with Crippen LogP contribution in [0.15, 0.2) is 47.5 Å². The number of anilines is 2. The van der Waals surface area contributed by atoms with Crippen LogP contribution in [0.2, 0.25) is 0 Å². The van der Waals surface area contributed by atoms with Gasteiger partial charge in [-0.05, 0) is 24.6 Å². The molecule has 1 aliphatic rings. The van der Waals surface area contributed by atoms with Gasteiger partial charge in [-0.2, -0.15) is 0 Å². The lowest BCUT2D eigenvalue weighted by molar-refractivity contribution is 1.48. The molecule has 0 radical (unpaired) electrons. The Kier molecular flexibility index (Phi) is 2.35. The van der Waals surface area contributed by atoms with Crippen LogP contribution in [0.1, 0.15) is 11.1 Å². The first-order chi connectivity index (χ1) is 9.74. The van der Waals surface area contributed by atoms with E-state index in [0.29, 0.717) is 5.84 Å². The van der Waals surface area contributed by atoms with Crippen molar-refractivity contribution < 1.29 is 0 Å². The quantitative estimate of drug-likeness (QED) is 0.644. The Morgan fingerprint density at radius 3 is 2.85 bits per heavy atom. The fourth-order valence-corrected chi connectivity index (χ4v) is 3.78. The summed E-state index contributed by atoms with van der Waals surface area (Å²) < 4.78 is 1.27. The van der Waals surface area contributed by atoms with Crippen LogP contribution in [0, 0.1) is 6.92 Å². The van der Waals surface area contributed by atoms with Crippen LogP contribution >= 0.6 is 11.3 Å². The van der Waals surface area contributed by atoms with Crippen LogP contribution in [0.25, 0.3) is 10.1 Å². The van der Waals surface area contributed by atoms with Crippen molar-refractivity contribution in [2.24, 2.45) is 10.7 Å². The van der Waals surface area contributed by atoms with Gasteiger partial charge in [0.2, 0.25) is 0 Å². The van der Waals surface area contributed by atoms with Gasteiger partial charge in [-0.25, -0.2) is 4.99 Å². The molecule has 0 saturated heterocycles. The van der Waals surface area contributed by atoms with E-state index in [1.165, 1.54) is 15.6 Å². The molecule has 0 atom stereocenters. The number of aliphatic imine (C=N–C) groups is 1. The zero-order chi connectivity index (χ0) is 13.7. The summed E-state index contributed by atoms with van der Waals surface area (Å²) in [5, 5.41) is 5.72. The molecule has 0 fully saturated rings. The number of hydrogen-bond donors (Lipinski definition) is 2. The van der Waals surface area contributed by atoms with Crippen molar-refractivity contribution in [3.05, 3.63) is 53.6 Å². The van der Waals surface area contributed by atoms with Crippen molar-refractivity contribution in [1.29, 1.82) is 0 Å². The van der Waals surface area contributed by atoms with E-state index in [0.717, 1.165) is 21.9 Å². The van der Waals surface area contributed by atoms with Crippen LogP contribution in [0.3, 0.4) is 0 Å². The summed E-state index contributed by atoms with van der Waals surface area (Å²) in [6.45, 7) is 2.12. The molecule has 1 aliphatic heterocycles. The molecule has 4 rings (SSSR count). The van der Waals surface area contributed by atoms with Crippen molar-refractivity contribution in [1.82, 2.24) is 0 Å². The standard InChI is InChI=1S/C16H13N3S/c1-9-5-4-6-10-13-15(17)18-11-7-2-3-8-12(11)19-16(13)20-14(9)10/h2-8,19H,1H3,(H2,17,18). The Hall–Kier alpha value is -2.33. The number of nitrogens with two attached hydrogens (primary N) is 1. The highest BCUT2D eigenvalue weighted by atomic mass is 32.1. The number of nitrogens with one attached hydrogen (secondary N) is 1. The molecule has 98 valence electrons. The molecular weight excluding hydrogens is 266 g/mol. The Labute approximate surface area is 120 Å². The van der Waals surface area contributed by atoms with Gasteiger partial charge in [0.05, 0.1) is 16.9 Å². The van der Waals surface area contributed by atoms with Gasteiger partial charge in [0, 0.05) is 10.1 Å². The third-order valence-electron chi connectivity index (χ3n) is 3.56. The van der Waals surface area contributed by atoms with Crippen molar-refractivity contribution in [2.75, 3.05) is 5.32 Å². The highest BCUT2D eigenvalue weighted by molar-refractivity contribution is 7.23. The molecule has 0 saturated carbocycles. The van der Waals surface area contributed by atoms with E-state index < -0.39 is 0 Å². The first-order valence-corrected chi connectivity index (χ1v) is 7.28. The van der Waals surface area contributed by atoms with Gasteiger partial charge in [-0.3, -0.25) is 0 Å². The van der Waals surface area contributed by atoms with E-state index in [-0.39, 0.29) is 0 Å². The zero-order valence-corrected chi connectivity index (χ0v) is 11.8. The van der Waals surface area contributed by atoms with Crippen LogP contribution < -0.4 is 11.1 Å². The summed E-state index contributed by atoms with van der Waals surface area (Å²) in [6.07, 6.45) is 0. The van der Waals surface area contributed by atoms with E-state index in [2.05, 4.69) is 35.4 Å². The molecule has 0 spiro atoms. The molecule has 2 aromatic carbocycles. The number of benzene rings is 2. The molecule has 0 bridgehead atoms. The summed E-state index contributed by atoms with van der Waals surface area (Å²) in [4.78, 5) is 4.57. The number of fused-ring (bicyclic) bond motifs is 4. The maximum atomic E-state index is 6.24. The number of para-hydroxylation sites is 2. The number of nitrogens with zero attached hydrogens (tertiary/aromatic N) is 1. The number of thiophene rings is 1. The Bertz CT molecular complexity index is 861. The Morgan fingerprint density at radius 2 is 1.95 bits per heavy atom. The highest BCUT2D eigenvalue weighted by Gasteiger charge is 2.20. The zero-order valence-electron chi connectivity index (χ0n) is 11.0. The molecule has 4 heteroatoms. The largest absolute Gasteiger partial charge is 0.383 e. The predicted molar refractivity (Wildman–Crippen MR) is 86.7 cm³/mol. The Balaban J connectivity index is 2.06. The summed E-state index contributed by atoms with van der Waals surface area (Å²) >= 11 is 1.74. The second-order valence-electron chi connectivity index (χ2n) is 4.90. The lowest BCUT2D eigenvalue weighted by Gasteiger charge is -2.04. The Morgan fingerprint density at radius 1 is 1.10 bits per heavy atom. The maximum absolute atomic E-state index is 6.24. The van der Waals surface area contributed by atoms with Crippen LogP contribution in [-0.4, -0.2) is 5.84 Å². The van der Waals surface area contributed by atoms with E-state index in [1.54, 1.807) is 11.3 Å². The van der Waals surface area contributed by atoms with E-state index in [4.69, 9.17) is 5.73 Å². The minimum atomic E-state index is 0.578. The molecule has 0 aliphatic carbocycles. The third-order valence-corrected chi connectivity index (χ3v) is 4.82. The molecule has 3 aromatic rings. The molecule has 0 unspecified atom stereocenters. The molecule has 1 aromatic heterocycles. The van der Waals surface area contributed by atoms with Crippen molar-refractivity contribution in [3.63, 3.8) is 0 Å². The number of hydrogen-bond acceptors (Lipinski definition) is 4. The molecule has 20 heavy (non-hydrogen) atoms. The fraction of sp³-hybridized carbons (Fsp3) is 0.0625. The molecule has 2 heterocycles. The van der Waals surface area contributed by atoms with Gasteiger partial charge >= 0.3 is 0 Å². The number of rotatable bonds is 0. The van der Waals surface area contributed by atoms with Gasteiger partial charge in [0.25, 0.3) is 0 Å². The van der Waals surface area contributed by atoms with Crippen molar-refractivity contribution >= 4 is 43.6 Å². The third kappa shape index (κ3) is 1.55. The maximum Gasteiger partial charge on any atom is 0.135 e. The highest BCUT2D eigenvalue weighted by Crippen LogP contribution is 2.42. The van der Waals surface area contributed by atoms with Gasteiger partial charge in [0.1, 0.15) is 10.8 Å². The van der Waals surface area contributed by atoms with Crippen molar-refractivity contribution in [2.45, 2.75) is 6.92 Å². The number of amidine groups is 1. The normalized spacial score (nSPS) is 13.2. The lowest BCUT2D eigenvalue weighted by Crippen LogP contribution is -2.12. The summed E-state index contributed by atoms with van der Waals surface area (Å²) in [5.41, 5.74) is 10.4. The van der Waals surface area contributed by atoms with Gasteiger partial charge in [-0.15, -0.1) is 11.3 Å². The van der Waals surface area contributed by atoms with Crippen LogP contribution in [-0.2, 0) is 0 Å². The number of aryl methyl sites for hydroxylation is 1. The van der Waals surface area contributed by atoms with E-state index in [1.807, 2.05) is 24.3 Å². The summed E-state index contributed by atoms with van der Waals surface area (Å²) in [5.74, 6) is 0.578. The second kappa shape index (κ2) is 4.08. The predicted octanol–water partition coefficient (Wildman–Crippen LogP) is 4.30. The fourth-order valence-electron chi connectivity index (χ4n) is 2.59. The van der Waals surface area contributed by atoms with E-state index in [9.17, 15) is 0 Å². The molecule has 3 N–H and O–H groups in total. The van der Waals surface area contributed by atoms with Gasteiger partial charge in [-0.1, -0.05) is 30.3 Å². The first-order valence-electron chi connectivity index (χ1n) is 6.47. The van der Waals surface area contributed by atoms with Gasteiger partial charge < -0.3 is 11.1 Å². The lowest BCUT2D eigenvalue weighted by atomic mass is 10.1. The summed E-state index contributed by atoms with van der Waals surface area (Å²) in [6, 6.07) is 14.3. The van der Waals surface area contributed by atoms with E-state index >= 15 is 0 Å². The molecular formula is C16H13N3S. The minimum absolute atomic E-state index is 0.578. The average molecular weight is 279 g/mol. The van der Waals surface area contributed by atoms with Crippen LogP contribution in [0.4, 0.5) is 16.4 Å². The molecule has 0 amide bonds. The van der Waals surface area contributed by atoms with Crippen molar-refractivity contribution in [3.8, 4) is 0 Å². The summed E-state index contributed by atoms with van der Waals surface area (Å²) in [7, 11) is 0. The molecule has 3 nitrogen and oxygen atoms in total. The minimum Gasteiger partial charge on any atom is -0.383 e. The topological polar surface area (TPSA) is 50.4 Å². The first kappa shape index (κ1) is 11.5. The SMILES string of the molecule is Cc1cccc2c3c(sc12)Nc1ccccc1N=C3N. The van der Waals surface area contributed by atoms with Crippen LogP contribution in [0.5, 0.6) is 0 Å². The van der Waals surface area contributed by atoms with Gasteiger partial charge in [0.15, 0.2) is 0 Å². The monoisotopic (exact) mass is 279 g/mol.